The van der Waals surface area contributed by atoms with Crippen LogP contribution in [0.4, 0.5) is 5.69 Å². The number of carbonyl (C=O) groups excluding carboxylic acids is 1. The van der Waals surface area contributed by atoms with Crippen LogP contribution in [0.3, 0.4) is 0 Å². The molecular weight excluding hydrogens is 362 g/mol. The third kappa shape index (κ3) is 5.14. The number of aliphatic hydroxyl groups excluding tert-OH is 1. The SMILES string of the molecule is COc1cc(C(=O)NN=Cc2ccc(N(C)CCO)cc2)cc(OC)c1OC. The molecular formula is C20H25N3O5. The number of anilines is 1. The number of ether oxygens (including phenoxy) is 3. The normalized spacial score (nSPS) is 10.6. The molecule has 0 aliphatic heterocycles. The quantitative estimate of drug-likeness (QED) is 0.504. The van der Waals surface area contributed by atoms with Gasteiger partial charge >= 0.3 is 0 Å². The number of hydrogen-bond acceptors (Lipinski definition) is 7. The molecule has 2 rings (SSSR count). The molecule has 0 aromatic heterocycles. The Morgan fingerprint density at radius 3 is 2.21 bits per heavy atom. The van der Waals surface area contributed by atoms with Gasteiger partial charge in [-0.1, -0.05) is 12.1 Å². The summed E-state index contributed by atoms with van der Waals surface area (Å²) < 4.78 is 15.7. The summed E-state index contributed by atoms with van der Waals surface area (Å²) in [6.07, 6.45) is 1.55. The maximum Gasteiger partial charge on any atom is 0.271 e. The highest BCUT2D eigenvalue weighted by Crippen LogP contribution is 2.38. The van der Waals surface area contributed by atoms with Crippen LogP contribution < -0.4 is 24.5 Å². The number of amides is 1. The van der Waals surface area contributed by atoms with Gasteiger partial charge in [0.2, 0.25) is 5.75 Å². The fraction of sp³-hybridized carbons (Fsp3) is 0.300. The lowest BCUT2D eigenvalue weighted by Crippen LogP contribution is -2.20. The summed E-state index contributed by atoms with van der Waals surface area (Å²) >= 11 is 0. The summed E-state index contributed by atoms with van der Waals surface area (Å²) in [5.41, 5.74) is 4.61. The fourth-order valence-corrected chi connectivity index (χ4v) is 2.54. The van der Waals surface area contributed by atoms with Crippen LogP contribution in [0.25, 0.3) is 0 Å². The Hall–Kier alpha value is -3.26. The molecule has 0 aliphatic rings. The van der Waals surface area contributed by atoms with E-state index in [1.54, 1.807) is 18.3 Å². The second-order valence-corrected chi connectivity index (χ2v) is 5.85. The molecule has 0 saturated heterocycles. The predicted molar refractivity (Wildman–Crippen MR) is 108 cm³/mol. The van der Waals surface area contributed by atoms with Gasteiger partial charge in [0.25, 0.3) is 5.91 Å². The first kappa shape index (κ1) is 21.0. The highest BCUT2D eigenvalue weighted by atomic mass is 16.5. The number of aliphatic hydroxyl groups is 1. The van der Waals surface area contributed by atoms with Crippen LogP contribution in [0.15, 0.2) is 41.5 Å². The van der Waals surface area contributed by atoms with Crippen molar-refractivity contribution in [1.82, 2.24) is 5.43 Å². The summed E-state index contributed by atoms with van der Waals surface area (Å²) in [6.45, 7) is 0.644. The molecule has 8 nitrogen and oxygen atoms in total. The van der Waals surface area contributed by atoms with E-state index in [1.165, 1.54) is 21.3 Å². The molecule has 8 heteroatoms. The number of benzene rings is 2. The van der Waals surface area contributed by atoms with Gasteiger partial charge < -0.3 is 24.2 Å². The Labute approximate surface area is 164 Å². The minimum absolute atomic E-state index is 0.0900. The summed E-state index contributed by atoms with van der Waals surface area (Å²) in [7, 11) is 6.37. The fourth-order valence-electron chi connectivity index (χ4n) is 2.54. The molecule has 2 aromatic carbocycles. The molecule has 0 spiro atoms. The Morgan fingerprint density at radius 1 is 1.11 bits per heavy atom. The van der Waals surface area contributed by atoms with Gasteiger partial charge in [-0.25, -0.2) is 5.43 Å². The number of nitrogens with one attached hydrogen (secondary N) is 1. The topological polar surface area (TPSA) is 92.6 Å². The molecule has 1 amide bonds. The second-order valence-electron chi connectivity index (χ2n) is 5.85. The van der Waals surface area contributed by atoms with Crippen LogP contribution >= 0.6 is 0 Å². The van der Waals surface area contributed by atoms with Gasteiger partial charge in [-0.2, -0.15) is 5.10 Å². The van der Waals surface area contributed by atoms with E-state index in [0.29, 0.717) is 29.4 Å². The van der Waals surface area contributed by atoms with Crippen molar-refractivity contribution >= 4 is 17.8 Å². The van der Waals surface area contributed by atoms with E-state index in [-0.39, 0.29) is 6.61 Å². The van der Waals surface area contributed by atoms with Crippen molar-refractivity contribution in [2.45, 2.75) is 0 Å². The van der Waals surface area contributed by atoms with Gasteiger partial charge in [-0.3, -0.25) is 4.79 Å². The van der Waals surface area contributed by atoms with E-state index in [1.807, 2.05) is 36.2 Å². The molecule has 0 fully saturated rings. The molecule has 2 aromatic rings. The van der Waals surface area contributed by atoms with Crippen LogP contribution in [0.2, 0.25) is 0 Å². The molecule has 0 bridgehead atoms. The summed E-state index contributed by atoms with van der Waals surface area (Å²) in [6, 6.07) is 10.7. The van der Waals surface area contributed by atoms with Crippen molar-refractivity contribution in [1.29, 1.82) is 0 Å². The van der Waals surface area contributed by atoms with Gasteiger partial charge in [0, 0.05) is 24.8 Å². The molecule has 0 heterocycles. The molecule has 2 N–H and O–H groups in total. The van der Waals surface area contributed by atoms with Crippen molar-refractivity contribution in [2.24, 2.45) is 5.10 Å². The smallest absolute Gasteiger partial charge is 0.271 e. The molecule has 0 unspecified atom stereocenters. The highest BCUT2D eigenvalue weighted by Gasteiger charge is 2.16. The van der Waals surface area contributed by atoms with E-state index < -0.39 is 5.91 Å². The first-order valence-electron chi connectivity index (χ1n) is 8.59. The minimum Gasteiger partial charge on any atom is -0.493 e. The van der Waals surface area contributed by atoms with Gasteiger partial charge in [-0.15, -0.1) is 0 Å². The maximum absolute atomic E-state index is 12.4. The van der Waals surface area contributed by atoms with Gasteiger partial charge in [0.1, 0.15) is 0 Å². The third-order valence-electron chi connectivity index (χ3n) is 4.08. The molecule has 0 radical (unpaired) electrons. The molecule has 0 saturated carbocycles. The van der Waals surface area contributed by atoms with Crippen molar-refractivity contribution in [3.8, 4) is 17.2 Å². The molecule has 28 heavy (non-hydrogen) atoms. The van der Waals surface area contributed by atoms with Crippen molar-refractivity contribution < 1.29 is 24.1 Å². The zero-order chi connectivity index (χ0) is 20.5. The average molecular weight is 387 g/mol. The second kappa shape index (κ2) is 10.2. The van der Waals surface area contributed by atoms with Crippen molar-refractivity contribution in [3.63, 3.8) is 0 Å². The molecule has 0 aliphatic carbocycles. The van der Waals surface area contributed by atoms with E-state index in [0.717, 1.165) is 11.3 Å². The molecule has 0 atom stereocenters. The van der Waals surface area contributed by atoms with Crippen LogP contribution in [0.1, 0.15) is 15.9 Å². The van der Waals surface area contributed by atoms with Crippen LogP contribution in [0.5, 0.6) is 17.2 Å². The Kier molecular flexibility index (Phi) is 7.65. The van der Waals surface area contributed by atoms with Crippen molar-refractivity contribution in [2.75, 3.05) is 46.4 Å². The third-order valence-corrected chi connectivity index (χ3v) is 4.08. The lowest BCUT2D eigenvalue weighted by Gasteiger charge is -2.17. The van der Waals surface area contributed by atoms with E-state index in [4.69, 9.17) is 19.3 Å². The Morgan fingerprint density at radius 2 is 1.71 bits per heavy atom. The number of nitrogens with zero attached hydrogens (tertiary/aromatic N) is 2. The number of hydrogen-bond donors (Lipinski definition) is 2. The van der Waals surface area contributed by atoms with Crippen molar-refractivity contribution in [3.05, 3.63) is 47.5 Å². The Balaban J connectivity index is 2.07. The first-order chi connectivity index (χ1) is 13.5. The van der Waals surface area contributed by atoms with Gasteiger partial charge in [0.15, 0.2) is 11.5 Å². The molecule has 150 valence electrons. The number of rotatable bonds is 9. The standard InChI is InChI=1S/C20H25N3O5/c1-23(9-10-24)16-7-5-14(6-8-16)13-21-22-20(25)15-11-17(26-2)19(28-4)18(12-15)27-3/h5-8,11-13,24H,9-10H2,1-4H3,(H,22,25). The van der Waals surface area contributed by atoms with Crippen LogP contribution in [-0.2, 0) is 0 Å². The Bertz CT molecular complexity index is 796. The van der Waals surface area contributed by atoms with Crippen LogP contribution in [-0.4, -0.2) is 58.8 Å². The predicted octanol–water partition coefficient (Wildman–Crippen LogP) is 1.90. The lowest BCUT2D eigenvalue weighted by atomic mass is 10.1. The number of methoxy groups -OCH3 is 3. The van der Waals surface area contributed by atoms with E-state index >= 15 is 0 Å². The average Bonchev–Trinajstić information content (AvgIpc) is 2.73. The van der Waals surface area contributed by atoms with Gasteiger partial charge in [-0.05, 0) is 29.8 Å². The monoisotopic (exact) mass is 387 g/mol. The zero-order valence-electron chi connectivity index (χ0n) is 16.4. The first-order valence-corrected chi connectivity index (χ1v) is 8.59. The van der Waals surface area contributed by atoms with E-state index in [9.17, 15) is 4.79 Å². The summed E-state index contributed by atoms with van der Waals surface area (Å²) in [5, 5.41) is 13.0. The highest BCUT2D eigenvalue weighted by molar-refractivity contribution is 5.96. The number of hydrazone groups is 1. The largest absolute Gasteiger partial charge is 0.493 e. The minimum atomic E-state index is -0.408. The zero-order valence-corrected chi connectivity index (χ0v) is 16.4. The maximum atomic E-state index is 12.4. The number of likely N-dealkylation sites (N-methyl/N-ethyl adjacent to an activating group) is 1. The van der Waals surface area contributed by atoms with Crippen LogP contribution in [0, 0.1) is 0 Å². The lowest BCUT2D eigenvalue weighted by molar-refractivity contribution is 0.0954. The van der Waals surface area contributed by atoms with Gasteiger partial charge in [0.05, 0.1) is 34.2 Å². The van der Waals surface area contributed by atoms with E-state index in [2.05, 4.69) is 10.5 Å². The summed E-state index contributed by atoms with van der Waals surface area (Å²) in [4.78, 5) is 14.3. The number of carbonyl (C=O) groups is 1. The summed E-state index contributed by atoms with van der Waals surface area (Å²) in [5.74, 6) is 0.781.